The first-order chi connectivity index (χ1) is 19.1. The number of aromatic nitrogens is 7. The van der Waals surface area contributed by atoms with Crippen LogP contribution in [-0.2, 0) is 19.8 Å². The number of ether oxygens (including phenoxy) is 1. The van der Waals surface area contributed by atoms with Gasteiger partial charge in [-0.15, -0.1) is 0 Å². The van der Waals surface area contributed by atoms with Crippen molar-refractivity contribution in [1.29, 1.82) is 0 Å². The summed E-state index contributed by atoms with van der Waals surface area (Å²) in [6.07, 6.45) is 1.59. The van der Waals surface area contributed by atoms with Crippen LogP contribution in [0.15, 0.2) is 53.8 Å². The Morgan fingerprint density at radius 3 is 2.48 bits per heavy atom. The molecule has 9 nitrogen and oxygen atoms in total. The van der Waals surface area contributed by atoms with Crippen molar-refractivity contribution in [2.45, 2.75) is 38.4 Å². The molecule has 204 valence electrons. The number of rotatable bonds is 6. The molecular formula is C28H24F3N7O2. The van der Waals surface area contributed by atoms with Crippen LogP contribution in [0.3, 0.4) is 0 Å². The maximum Gasteiger partial charge on any atom is 0.434 e. The van der Waals surface area contributed by atoms with Crippen molar-refractivity contribution in [3.05, 3.63) is 81.9 Å². The van der Waals surface area contributed by atoms with Crippen LogP contribution in [-0.4, -0.2) is 41.2 Å². The fourth-order valence-electron chi connectivity index (χ4n) is 4.80. The normalized spacial score (nSPS) is 13.7. The molecule has 0 aliphatic heterocycles. The second-order valence-electron chi connectivity index (χ2n) is 9.86. The van der Waals surface area contributed by atoms with Crippen LogP contribution in [0.4, 0.5) is 13.2 Å². The van der Waals surface area contributed by atoms with E-state index < -0.39 is 11.9 Å². The Balaban J connectivity index is 1.40. The summed E-state index contributed by atoms with van der Waals surface area (Å²) in [5, 5.41) is 0.689. The fraction of sp³-hybridized carbons (Fsp3) is 0.286. The Morgan fingerprint density at radius 1 is 1.07 bits per heavy atom. The van der Waals surface area contributed by atoms with Gasteiger partial charge < -0.3 is 9.30 Å². The molecule has 0 bridgehead atoms. The average Bonchev–Trinajstić information content (AvgIpc) is 3.71. The van der Waals surface area contributed by atoms with E-state index in [-0.39, 0.29) is 23.8 Å². The minimum Gasteiger partial charge on any atom is -0.480 e. The summed E-state index contributed by atoms with van der Waals surface area (Å²) in [5.41, 5.74) is 2.55. The van der Waals surface area contributed by atoms with Gasteiger partial charge in [0.1, 0.15) is 23.4 Å². The summed E-state index contributed by atoms with van der Waals surface area (Å²) < 4.78 is 47.8. The highest BCUT2D eigenvalue weighted by Gasteiger charge is 2.34. The number of pyridine rings is 1. The zero-order chi connectivity index (χ0) is 28.2. The molecule has 1 saturated carbocycles. The molecule has 1 aliphatic rings. The Bertz CT molecular complexity index is 1810. The third-order valence-corrected chi connectivity index (χ3v) is 6.95. The standard InChI is InChI=1S/C28H24F3N7O2/c1-15-10-19-11-32-23(21-22(17-8-9-17)33-14-34-26(21)40-3)36-25(19)38(27(15)39)12-16-4-6-18(7-5-16)24-35-20(13-37(24)2)28(29,30)31/h4-7,10-11,13-14,17H,8-9,12H2,1-3H3. The molecule has 1 fully saturated rings. The molecule has 0 spiro atoms. The van der Waals surface area contributed by atoms with E-state index in [1.807, 2.05) is 0 Å². The molecule has 0 saturated heterocycles. The molecule has 0 amide bonds. The van der Waals surface area contributed by atoms with Crippen molar-refractivity contribution < 1.29 is 17.9 Å². The highest BCUT2D eigenvalue weighted by atomic mass is 19.4. The Hall–Kier alpha value is -4.61. The van der Waals surface area contributed by atoms with Crippen molar-refractivity contribution in [3.63, 3.8) is 0 Å². The number of methoxy groups -OCH3 is 1. The van der Waals surface area contributed by atoms with E-state index in [0.29, 0.717) is 39.4 Å². The molecule has 4 heterocycles. The number of nitrogens with zero attached hydrogens (tertiary/aromatic N) is 7. The summed E-state index contributed by atoms with van der Waals surface area (Å²) in [7, 11) is 3.05. The van der Waals surface area contributed by atoms with Gasteiger partial charge in [-0.1, -0.05) is 24.3 Å². The lowest BCUT2D eigenvalue weighted by atomic mass is 10.1. The average molecular weight is 548 g/mol. The zero-order valence-electron chi connectivity index (χ0n) is 21.9. The van der Waals surface area contributed by atoms with Crippen LogP contribution in [0.2, 0.25) is 0 Å². The van der Waals surface area contributed by atoms with Crippen molar-refractivity contribution in [2.75, 3.05) is 7.11 Å². The first kappa shape index (κ1) is 25.7. The van der Waals surface area contributed by atoms with Gasteiger partial charge >= 0.3 is 6.18 Å². The van der Waals surface area contributed by atoms with Crippen LogP contribution in [0.5, 0.6) is 5.88 Å². The van der Waals surface area contributed by atoms with Gasteiger partial charge in [-0.2, -0.15) is 13.2 Å². The molecule has 1 aliphatic carbocycles. The van der Waals surface area contributed by atoms with Gasteiger partial charge in [0.2, 0.25) is 5.88 Å². The third-order valence-electron chi connectivity index (χ3n) is 6.95. The van der Waals surface area contributed by atoms with Crippen molar-refractivity contribution in [1.82, 2.24) is 34.1 Å². The molecule has 0 radical (unpaired) electrons. The van der Waals surface area contributed by atoms with E-state index in [1.165, 1.54) is 25.1 Å². The number of benzene rings is 1. The molecule has 5 aromatic rings. The predicted molar refractivity (Wildman–Crippen MR) is 141 cm³/mol. The lowest BCUT2D eigenvalue weighted by molar-refractivity contribution is -0.140. The highest BCUT2D eigenvalue weighted by Crippen LogP contribution is 2.44. The number of imidazole rings is 1. The van der Waals surface area contributed by atoms with E-state index >= 15 is 0 Å². The molecule has 12 heteroatoms. The van der Waals surface area contributed by atoms with E-state index in [9.17, 15) is 18.0 Å². The molecule has 40 heavy (non-hydrogen) atoms. The second kappa shape index (κ2) is 9.54. The quantitative estimate of drug-likeness (QED) is 0.298. The van der Waals surface area contributed by atoms with Crippen LogP contribution in [0, 0.1) is 6.92 Å². The van der Waals surface area contributed by atoms with Crippen molar-refractivity contribution in [2.24, 2.45) is 7.05 Å². The number of fused-ring (bicyclic) bond motifs is 1. The van der Waals surface area contributed by atoms with Crippen molar-refractivity contribution in [3.8, 4) is 28.7 Å². The number of halogens is 3. The van der Waals surface area contributed by atoms with E-state index in [1.54, 1.807) is 48.0 Å². The van der Waals surface area contributed by atoms with Gasteiger partial charge in [0.25, 0.3) is 5.56 Å². The summed E-state index contributed by atoms with van der Waals surface area (Å²) in [5.74, 6) is 1.22. The smallest absolute Gasteiger partial charge is 0.434 e. The number of alkyl halides is 3. The van der Waals surface area contributed by atoms with E-state index in [2.05, 4.69) is 19.9 Å². The zero-order valence-corrected chi connectivity index (χ0v) is 21.9. The van der Waals surface area contributed by atoms with Crippen molar-refractivity contribution >= 4 is 11.0 Å². The summed E-state index contributed by atoms with van der Waals surface area (Å²) >= 11 is 0. The number of hydrogen-bond acceptors (Lipinski definition) is 7. The van der Waals surface area contributed by atoms with Crippen LogP contribution < -0.4 is 10.3 Å². The Morgan fingerprint density at radius 2 is 1.82 bits per heavy atom. The minimum absolute atomic E-state index is 0.194. The van der Waals surface area contributed by atoms with Crippen LogP contribution >= 0.6 is 0 Å². The number of aryl methyl sites for hydroxylation is 2. The fourth-order valence-corrected chi connectivity index (χ4v) is 4.80. The van der Waals surface area contributed by atoms with Crippen LogP contribution in [0.25, 0.3) is 33.8 Å². The van der Waals surface area contributed by atoms with E-state index in [4.69, 9.17) is 9.72 Å². The van der Waals surface area contributed by atoms with Gasteiger partial charge in [0.15, 0.2) is 11.5 Å². The molecule has 0 unspecified atom stereocenters. The lowest BCUT2D eigenvalue weighted by Gasteiger charge is -2.14. The predicted octanol–water partition coefficient (Wildman–Crippen LogP) is 4.91. The van der Waals surface area contributed by atoms with E-state index in [0.717, 1.165) is 30.3 Å². The van der Waals surface area contributed by atoms with Crippen LogP contribution in [0.1, 0.15) is 41.3 Å². The summed E-state index contributed by atoms with van der Waals surface area (Å²) in [6.45, 7) is 1.92. The Labute approximate surface area is 226 Å². The second-order valence-corrected chi connectivity index (χ2v) is 9.86. The molecule has 0 N–H and O–H groups in total. The highest BCUT2D eigenvalue weighted by molar-refractivity contribution is 5.78. The molecule has 4 aromatic heterocycles. The third kappa shape index (κ3) is 4.59. The maximum atomic E-state index is 13.3. The maximum absolute atomic E-state index is 13.3. The summed E-state index contributed by atoms with van der Waals surface area (Å²) in [4.78, 5) is 35.2. The molecule has 0 atom stereocenters. The molecule has 6 rings (SSSR count). The topological polar surface area (TPSA) is 101 Å². The minimum atomic E-state index is -4.53. The largest absolute Gasteiger partial charge is 0.480 e. The van der Waals surface area contributed by atoms with Gasteiger partial charge in [0, 0.05) is 41.9 Å². The first-order valence-corrected chi connectivity index (χ1v) is 12.6. The molecule has 1 aromatic carbocycles. The molecular weight excluding hydrogens is 523 g/mol. The summed E-state index contributed by atoms with van der Waals surface area (Å²) in [6, 6.07) is 8.66. The van der Waals surface area contributed by atoms with Gasteiger partial charge in [0.05, 0.1) is 19.3 Å². The first-order valence-electron chi connectivity index (χ1n) is 12.6. The Kier molecular flexibility index (Phi) is 6.12. The van der Waals surface area contributed by atoms with Gasteiger partial charge in [-0.05, 0) is 31.4 Å². The number of hydrogen-bond donors (Lipinski definition) is 0. The van der Waals surface area contributed by atoms with Gasteiger partial charge in [-0.25, -0.2) is 24.9 Å². The SMILES string of the molecule is COc1ncnc(C2CC2)c1-c1ncc2cc(C)c(=O)n(Cc3ccc(-c4nc(C(F)(F)F)cn4C)cc3)c2n1. The van der Waals surface area contributed by atoms with Gasteiger partial charge in [-0.3, -0.25) is 9.36 Å². The monoisotopic (exact) mass is 547 g/mol. The lowest BCUT2D eigenvalue weighted by Crippen LogP contribution is -2.24.